The first-order valence-electron chi connectivity index (χ1n) is 17.9. The predicted octanol–water partition coefficient (Wildman–Crippen LogP) is 9.49. The largest absolute Gasteiger partial charge is 0.377 e. The Morgan fingerprint density at radius 3 is 2.27 bits per heavy atom. The predicted molar refractivity (Wildman–Crippen MR) is 183 cm³/mol. The van der Waals surface area contributed by atoms with Crippen molar-refractivity contribution in [2.75, 3.05) is 19.0 Å². The minimum Gasteiger partial charge on any atom is -0.377 e. The van der Waals surface area contributed by atoms with Gasteiger partial charge in [0.1, 0.15) is 0 Å². The highest BCUT2D eigenvalue weighted by atomic mass is 32.2. The molecule has 4 saturated carbocycles. The number of fused-ring (bicyclic) bond motifs is 6. The van der Waals surface area contributed by atoms with Crippen LogP contribution in [-0.4, -0.2) is 32.6 Å². The van der Waals surface area contributed by atoms with Crippen molar-refractivity contribution < 1.29 is 13.5 Å². The van der Waals surface area contributed by atoms with E-state index in [9.17, 15) is 13.5 Å². The molecule has 2 aromatic rings. The number of hydrogen-bond acceptors (Lipinski definition) is 4. The first-order chi connectivity index (χ1) is 20.7. The SMILES string of the molecule is CC(C)CCC[C@@H](C)[C@H]1CC[C@H]2[C@@H]3CCC4CC(O)(S(=O)(=O)c5cccc6c(N(C)C)cccc56)CC[C@]4(C)[C@H]3CC[C@]12C. The van der Waals surface area contributed by atoms with E-state index in [-0.39, 0.29) is 16.2 Å². The van der Waals surface area contributed by atoms with Crippen LogP contribution < -0.4 is 4.90 Å². The molecular weight excluding hydrogens is 563 g/mol. The maximum Gasteiger partial charge on any atom is 0.208 e. The lowest BCUT2D eigenvalue weighted by Crippen LogP contribution is -2.57. The first kappa shape index (κ1) is 32.4. The molecule has 44 heavy (non-hydrogen) atoms. The maximum atomic E-state index is 14.4. The van der Waals surface area contributed by atoms with Crippen molar-refractivity contribution in [1.82, 2.24) is 0 Å². The van der Waals surface area contributed by atoms with Gasteiger partial charge in [0.15, 0.2) is 4.93 Å². The van der Waals surface area contributed by atoms with Gasteiger partial charge in [0.2, 0.25) is 9.84 Å². The summed E-state index contributed by atoms with van der Waals surface area (Å²) in [6, 6.07) is 11.4. The molecule has 244 valence electrons. The van der Waals surface area contributed by atoms with E-state index < -0.39 is 14.8 Å². The van der Waals surface area contributed by atoms with Crippen LogP contribution >= 0.6 is 0 Å². The summed E-state index contributed by atoms with van der Waals surface area (Å²) in [4.78, 5) is 0.596. The monoisotopic (exact) mass is 621 g/mol. The van der Waals surface area contributed by atoms with Crippen molar-refractivity contribution in [2.45, 2.75) is 121 Å². The van der Waals surface area contributed by atoms with Gasteiger partial charge in [0.25, 0.3) is 0 Å². The van der Waals surface area contributed by atoms with Gasteiger partial charge in [-0.05, 0) is 122 Å². The molecule has 6 rings (SSSR count). The van der Waals surface area contributed by atoms with Gasteiger partial charge in [-0.15, -0.1) is 0 Å². The highest BCUT2D eigenvalue weighted by Crippen LogP contribution is 2.69. The van der Waals surface area contributed by atoms with E-state index in [1.54, 1.807) is 6.07 Å². The van der Waals surface area contributed by atoms with Crippen LogP contribution in [0.15, 0.2) is 41.3 Å². The number of rotatable bonds is 8. The summed E-state index contributed by atoms with van der Waals surface area (Å²) < 4.78 is 28.8. The number of benzene rings is 2. The Bertz CT molecular complexity index is 1470. The van der Waals surface area contributed by atoms with E-state index in [1.165, 1.54) is 51.4 Å². The van der Waals surface area contributed by atoms with E-state index in [2.05, 4.69) is 34.6 Å². The van der Waals surface area contributed by atoms with Crippen LogP contribution in [0.1, 0.15) is 112 Å². The van der Waals surface area contributed by atoms with E-state index in [0.717, 1.165) is 53.5 Å². The fourth-order valence-corrected chi connectivity index (χ4v) is 13.5. The summed E-state index contributed by atoms with van der Waals surface area (Å²) in [5.41, 5.74) is 1.56. The van der Waals surface area contributed by atoms with Gasteiger partial charge >= 0.3 is 0 Å². The average molecular weight is 622 g/mol. The van der Waals surface area contributed by atoms with Crippen LogP contribution in [0.25, 0.3) is 10.8 Å². The van der Waals surface area contributed by atoms with Crippen molar-refractivity contribution >= 4 is 26.3 Å². The molecular formula is C39H59NO3S. The molecule has 0 aromatic heterocycles. The molecule has 4 aliphatic rings. The average Bonchev–Trinajstić information content (AvgIpc) is 3.34. The summed E-state index contributed by atoms with van der Waals surface area (Å²) in [6.45, 7) is 12.4. The van der Waals surface area contributed by atoms with Crippen molar-refractivity contribution in [1.29, 1.82) is 0 Å². The minimum absolute atomic E-state index is 0.115. The quantitative estimate of drug-likeness (QED) is 0.319. The molecule has 4 fully saturated rings. The summed E-state index contributed by atoms with van der Waals surface area (Å²) in [5.74, 6) is 4.93. The molecule has 0 amide bonds. The van der Waals surface area contributed by atoms with Gasteiger partial charge in [-0.25, -0.2) is 8.42 Å². The number of hydrogen-bond donors (Lipinski definition) is 1. The van der Waals surface area contributed by atoms with Crippen LogP contribution in [0.5, 0.6) is 0 Å². The zero-order valence-electron chi connectivity index (χ0n) is 28.6. The van der Waals surface area contributed by atoms with E-state index in [0.29, 0.717) is 29.6 Å². The van der Waals surface area contributed by atoms with E-state index in [1.807, 2.05) is 49.3 Å². The lowest BCUT2D eigenvalue weighted by molar-refractivity contribution is -0.135. The molecule has 4 aliphatic carbocycles. The molecule has 2 aromatic carbocycles. The van der Waals surface area contributed by atoms with Gasteiger partial charge in [-0.2, -0.15) is 0 Å². The molecule has 0 bridgehead atoms. The lowest BCUT2D eigenvalue weighted by Gasteiger charge is -2.62. The Morgan fingerprint density at radius 1 is 0.841 bits per heavy atom. The normalized spacial score (nSPS) is 37.8. The highest BCUT2D eigenvalue weighted by molar-refractivity contribution is 7.92. The van der Waals surface area contributed by atoms with Crippen LogP contribution in [0.4, 0.5) is 5.69 Å². The number of nitrogens with zero attached hydrogens (tertiary/aromatic N) is 1. The Balaban J connectivity index is 1.22. The highest BCUT2D eigenvalue weighted by Gasteiger charge is 2.63. The van der Waals surface area contributed by atoms with Gasteiger partial charge in [-0.3, -0.25) is 0 Å². The van der Waals surface area contributed by atoms with Gasteiger partial charge < -0.3 is 10.0 Å². The molecule has 4 nitrogen and oxygen atoms in total. The summed E-state index contributed by atoms with van der Waals surface area (Å²) >= 11 is 0. The molecule has 5 heteroatoms. The Labute approximate surface area is 268 Å². The van der Waals surface area contributed by atoms with Crippen molar-refractivity contribution in [3.8, 4) is 0 Å². The summed E-state index contributed by atoms with van der Waals surface area (Å²) in [6.07, 6.45) is 13.2. The third-order valence-electron chi connectivity index (χ3n) is 14.0. The standard InChI is InChI=1S/C39H59NO3S/c1-26(2)11-8-12-27(3)32-19-20-33-31-18-17-28-25-39(41,24-23-37(28,4)34(31)21-22-38(32,33)5)44(42,43)36-16-10-13-29-30(36)14-9-15-35(29)40(6)7/h9-10,13-16,26-28,31-34,41H,8,11-12,17-25H2,1-7H3/t27-,28?,31+,32-,33+,34+,37+,38-,39?/m1/s1. The van der Waals surface area contributed by atoms with E-state index >= 15 is 0 Å². The fourth-order valence-electron chi connectivity index (χ4n) is 11.6. The summed E-state index contributed by atoms with van der Waals surface area (Å²) in [7, 11) is 0.00981. The molecule has 0 heterocycles. The van der Waals surface area contributed by atoms with Crippen LogP contribution in [-0.2, 0) is 9.84 Å². The third-order valence-corrected chi connectivity index (χ3v) is 16.3. The van der Waals surface area contributed by atoms with Crippen molar-refractivity contribution in [2.24, 2.45) is 52.3 Å². The number of sulfone groups is 1. The topological polar surface area (TPSA) is 57.6 Å². The number of aliphatic hydroxyl groups is 1. The van der Waals surface area contributed by atoms with Gasteiger partial charge in [-0.1, -0.05) is 78.1 Å². The molecule has 0 radical (unpaired) electrons. The van der Waals surface area contributed by atoms with Gasteiger partial charge in [0, 0.05) is 30.6 Å². The first-order valence-corrected chi connectivity index (χ1v) is 19.4. The molecule has 1 N–H and O–H groups in total. The Kier molecular flexibility index (Phi) is 8.52. The fraction of sp³-hybridized carbons (Fsp3) is 0.744. The Hall–Kier alpha value is -1.59. The summed E-state index contributed by atoms with van der Waals surface area (Å²) in [5, 5.41) is 13.8. The van der Waals surface area contributed by atoms with Crippen molar-refractivity contribution in [3.63, 3.8) is 0 Å². The van der Waals surface area contributed by atoms with Crippen LogP contribution in [0.3, 0.4) is 0 Å². The van der Waals surface area contributed by atoms with Gasteiger partial charge in [0.05, 0.1) is 4.90 Å². The molecule has 2 unspecified atom stereocenters. The molecule has 0 saturated heterocycles. The second-order valence-corrected chi connectivity index (χ2v) is 19.1. The second kappa shape index (κ2) is 11.6. The molecule has 9 atom stereocenters. The maximum absolute atomic E-state index is 14.4. The zero-order valence-corrected chi connectivity index (χ0v) is 29.4. The molecule has 0 spiro atoms. The minimum atomic E-state index is -3.95. The van der Waals surface area contributed by atoms with E-state index in [4.69, 9.17) is 0 Å². The zero-order chi connectivity index (χ0) is 31.7. The third kappa shape index (κ3) is 5.06. The Morgan fingerprint density at radius 2 is 1.55 bits per heavy atom. The van der Waals surface area contributed by atoms with Crippen LogP contribution in [0, 0.1) is 52.3 Å². The second-order valence-electron chi connectivity index (χ2n) is 16.9. The molecule has 0 aliphatic heterocycles. The lowest BCUT2D eigenvalue weighted by atomic mass is 9.44. The smallest absolute Gasteiger partial charge is 0.208 e. The van der Waals surface area contributed by atoms with Crippen LogP contribution in [0.2, 0.25) is 0 Å². The van der Waals surface area contributed by atoms with Crippen molar-refractivity contribution in [3.05, 3.63) is 36.4 Å². The number of anilines is 1.